The number of aliphatic carboxylic acids is 3. The van der Waals surface area contributed by atoms with Gasteiger partial charge in [0.05, 0.1) is 30.9 Å². The lowest BCUT2D eigenvalue weighted by molar-refractivity contribution is -0.141. The molecule has 54 heavy (non-hydrogen) atoms. The van der Waals surface area contributed by atoms with Gasteiger partial charge in [-0.05, 0) is 62.6 Å². The molecule has 0 saturated heterocycles. The number of alkyl halides is 1. The van der Waals surface area contributed by atoms with E-state index < -0.39 is 98.9 Å². The van der Waals surface area contributed by atoms with Gasteiger partial charge < -0.3 is 56.6 Å². The third kappa shape index (κ3) is 17.1. The van der Waals surface area contributed by atoms with Gasteiger partial charge in [0.2, 0.25) is 11.8 Å². The van der Waals surface area contributed by atoms with Crippen LogP contribution in [0.4, 0.5) is 9.18 Å². The largest absolute Gasteiger partial charge is 0.481 e. The maximum atomic E-state index is 12.6. The SMILES string of the molecule is O=C(O)CCC(NC(=O)NC(CCCCNC(=O)COC(CNC(=O)CCc1ccc(-n2cc(CCCF)nn2)cc1)C(O)C(O)CO)C(=O)O)C(=O)O. The van der Waals surface area contributed by atoms with E-state index in [4.69, 9.17) is 14.9 Å². The van der Waals surface area contributed by atoms with Gasteiger partial charge in [-0.1, -0.05) is 17.3 Å². The van der Waals surface area contributed by atoms with Crippen LogP contribution in [0.3, 0.4) is 0 Å². The summed E-state index contributed by atoms with van der Waals surface area (Å²) >= 11 is 0. The number of aromatic nitrogens is 3. The number of carbonyl (C=O) groups excluding carboxylic acids is 3. The number of hydrogen-bond donors (Lipinski definition) is 10. The lowest BCUT2D eigenvalue weighted by Gasteiger charge is -2.26. The van der Waals surface area contributed by atoms with Crippen LogP contribution in [-0.2, 0) is 41.6 Å². The van der Waals surface area contributed by atoms with E-state index >= 15 is 0 Å². The Hall–Kier alpha value is -5.25. The molecular formula is C33H48FN7O13. The minimum absolute atomic E-state index is 0.0560. The summed E-state index contributed by atoms with van der Waals surface area (Å²) in [5.41, 5.74) is 2.24. The number of rotatable bonds is 27. The van der Waals surface area contributed by atoms with Crippen molar-refractivity contribution in [2.24, 2.45) is 0 Å². The summed E-state index contributed by atoms with van der Waals surface area (Å²) in [6.45, 7) is -2.10. The monoisotopic (exact) mass is 769 g/mol. The fraction of sp³-hybridized carbons (Fsp3) is 0.576. The van der Waals surface area contributed by atoms with Gasteiger partial charge in [-0.15, -0.1) is 5.10 Å². The van der Waals surface area contributed by atoms with Crippen LogP contribution in [0.2, 0.25) is 0 Å². The van der Waals surface area contributed by atoms with E-state index in [2.05, 4.69) is 26.3 Å². The van der Waals surface area contributed by atoms with Crippen LogP contribution in [0, 0.1) is 0 Å². The summed E-state index contributed by atoms with van der Waals surface area (Å²) < 4.78 is 19.4. The molecule has 0 bridgehead atoms. The number of ether oxygens (including phenoxy) is 1. The maximum Gasteiger partial charge on any atom is 0.326 e. The molecule has 2 rings (SSSR count). The fourth-order valence-corrected chi connectivity index (χ4v) is 4.87. The van der Waals surface area contributed by atoms with Crippen molar-refractivity contribution >= 4 is 35.8 Å². The Morgan fingerprint density at radius 3 is 2.11 bits per heavy atom. The molecule has 0 aliphatic heterocycles. The number of halogens is 1. The van der Waals surface area contributed by atoms with Crippen molar-refractivity contribution < 1.29 is 68.5 Å². The van der Waals surface area contributed by atoms with E-state index in [1.54, 1.807) is 23.0 Å². The summed E-state index contributed by atoms with van der Waals surface area (Å²) in [4.78, 5) is 70.6. The van der Waals surface area contributed by atoms with E-state index in [0.717, 1.165) is 11.3 Å². The second kappa shape index (κ2) is 24.1. The third-order valence-electron chi connectivity index (χ3n) is 7.94. The summed E-state index contributed by atoms with van der Waals surface area (Å²) in [5.74, 6) is -5.22. The first-order valence-electron chi connectivity index (χ1n) is 17.2. The highest BCUT2D eigenvalue weighted by molar-refractivity contribution is 5.86. The van der Waals surface area contributed by atoms with Gasteiger partial charge >= 0.3 is 23.9 Å². The number of benzene rings is 1. The zero-order chi connectivity index (χ0) is 40.0. The first kappa shape index (κ1) is 44.9. The van der Waals surface area contributed by atoms with Crippen molar-refractivity contribution in [1.82, 2.24) is 36.3 Å². The van der Waals surface area contributed by atoms with Gasteiger partial charge in [0.25, 0.3) is 0 Å². The van der Waals surface area contributed by atoms with Gasteiger partial charge in [-0.2, -0.15) is 0 Å². The average molecular weight is 770 g/mol. The summed E-state index contributed by atoms with van der Waals surface area (Å²) in [6, 6.07) is 3.15. The number of aliphatic hydroxyl groups is 3. The molecule has 10 N–H and O–H groups in total. The topological polar surface area (TPSA) is 312 Å². The average Bonchev–Trinajstić information content (AvgIpc) is 3.62. The standard InChI is InChI=1S/C33H48FN7O13/c34-14-3-4-21-17-41(40-39-21)22-9-6-20(7-10-22)8-12-27(44)36-16-26(30(48)25(43)18-42)54-19-28(45)35-15-2-1-5-23(31(49)50)37-33(53)38-24(32(51)52)11-13-29(46)47/h6-7,9-10,17,23-26,30,42-43,48H,1-5,8,11-16,18-19H2,(H,35,45)(H,36,44)(H,46,47)(H,49,50)(H,51,52)(H2,37,38,53). The number of carboxylic acid groups (broad SMARTS) is 3. The maximum absolute atomic E-state index is 12.6. The molecular weight excluding hydrogens is 721 g/mol. The number of urea groups is 1. The summed E-state index contributed by atoms with van der Waals surface area (Å²) in [7, 11) is 0. The molecule has 4 amide bonds. The van der Waals surface area contributed by atoms with Crippen molar-refractivity contribution in [2.45, 2.75) is 88.2 Å². The third-order valence-corrected chi connectivity index (χ3v) is 7.94. The van der Waals surface area contributed by atoms with Crippen molar-refractivity contribution in [2.75, 3.05) is 33.0 Å². The molecule has 1 heterocycles. The number of aliphatic hydroxyl groups excluding tert-OH is 3. The van der Waals surface area contributed by atoms with Crippen LogP contribution in [0.5, 0.6) is 0 Å². The first-order valence-corrected chi connectivity index (χ1v) is 17.2. The lowest BCUT2D eigenvalue weighted by atomic mass is 10.1. The molecule has 5 atom stereocenters. The Labute approximate surface area is 309 Å². The predicted octanol–water partition coefficient (Wildman–Crippen LogP) is -1.33. The van der Waals surface area contributed by atoms with Crippen molar-refractivity contribution in [3.05, 3.63) is 41.7 Å². The van der Waals surface area contributed by atoms with Crippen LogP contribution in [0.1, 0.15) is 56.2 Å². The van der Waals surface area contributed by atoms with E-state index in [1.165, 1.54) is 0 Å². The molecule has 5 unspecified atom stereocenters. The molecule has 20 nitrogen and oxygen atoms in total. The smallest absolute Gasteiger partial charge is 0.326 e. The predicted molar refractivity (Wildman–Crippen MR) is 184 cm³/mol. The molecule has 21 heteroatoms. The van der Waals surface area contributed by atoms with E-state index in [-0.39, 0.29) is 38.8 Å². The number of aryl methyl sites for hydroxylation is 2. The van der Waals surface area contributed by atoms with E-state index in [9.17, 15) is 53.6 Å². The quantitative estimate of drug-likeness (QED) is 0.0471. The van der Waals surface area contributed by atoms with Gasteiger partial charge in [0.15, 0.2) is 0 Å². The molecule has 300 valence electrons. The zero-order valence-corrected chi connectivity index (χ0v) is 29.4. The molecule has 0 saturated carbocycles. The Kier molecular flexibility index (Phi) is 20.1. The molecule has 0 fully saturated rings. The Morgan fingerprint density at radius 2 is 1.50 bits per heavy atom. The highest BCUT2D eigenvalue weighted by atomic mass is 19.1. The molecule has 0 radical (unpaired) electrons. The van der Waals surface area contributed by atoms with Crippen LogP contribution in [0.15, 0.2) is 30.5 Å². The Bertz CT molecular complexity index is 1510. The fourth-order valence-electron chi connectivity index (χ4n) is 4.87. The molecule has 0 aliphatic rings. The van der Waals surface area contributed by atoms with Crippen molar-refractivity contribution in [3.63, 3.8) is 0 Å². The second-order valence-corrected chi connectivity index (χ2v) is 12.2. The van der Waals surface area contributed by atoms with E-state index in [1.807, 2.05) is 17.4 Å². The van der Waals surface area contributed by atoms with Gasteiger partial charge in [-0.3, -0.25) is 18.8 Å². The number of nitrogens with zero attached hydrogens (tertiary/aromatic N) is 3. The van der Waals surface area contributed by atoms with Gasteiger partial charge in [0, 0.05) is 25.9 Å². The highest BCUT2D eigenvalue weighted by Gasteiger charge is 2.28. The van der Waals surface area contributed by atoms with Crippen molar-refractivity contribution in [1.29, 1.82) is 0 Å². The van der Waals surface area contributed by atoms with Crippen molar-refractivity contribution in [3.8, 4) is 5.69 Å². The molecule has 0 spiro atoms. The molecule has 2 aromatic rings. The number of hydrogen-bond acceptors (Lipinski definition) is 12. The molecule has 0 aliphatic carbocycles. The van der Waals surface area contributed by atoms with Crippen LogP contribution in [-0.4, -0.2) is 145 Å². The molecule has 1 aromatic heterocycles. The number of amides is 4. The molecule has 1 aromatic carbocycles. The second-order valence-electron chi connectivity index (χ2n) is 12.2. The first-order chi connectivity index (χ1) is 25.7. The minimum atomic E-state index is -1.66. The number of nitrogens with one attached hydrogen (secondary N) is 4. The Balaban J connectivity index is 1.76. The zero-order valence-electron chi connectivity index (χ0n) is 29.4. The number of carbonyl (C=O) groups is 6. The summed E-state index contributed by atoms with van der Waals surface area (Å²) in [5, 5.41) is 74.2. The minimum Gasteiger partial charge on any atom is -0.481 e. The van der Waals surface area contributed by atoms with Crippen LogP contribution >= 0.6 is 0 Å². The highest BCUT2D eigenvalue weighted by Crippen LogP contribution is 2.12. The van der Waals surface area contributed by atoms with Gasteiger partial charge in [-0.25, -0.2) is 19.1 Å². The van der Waals surface area contributed by atoms with E-state index in [0.29, 0.717) is 25.0 Å². The Morgan fingerprint density at radius 1 is 0.833 bits per heavy atom. The summed E-state index contributed by atoms with van der Waals surface area (Å²) in [6.07, 6.45) is -2.18. The number of carboxylic acids is 3. The number of unbranched alkanes of at least 4 members (excludes halogenated alkanes) is 1. The van der Waals surface area contributed by atoms with Crippen LogP contribution in [0.25, 0.3) is 5.69 Å². The van der Waals surface area contributed by atoms with Crippen LogP contribution < -0.4 is 21.3 Å². The lowest BCUT2D eigenvalue weighted by Crippen LogP contribution is -2.51. The van der Waals surface area contributed by atoms with Gasteiger partial charge in [0.1, 0.15) is 37.0 Å². The normalized spacial score (nSPS) is 13.9.